The van der Waals surface area contributed by atoms with Gasteiger partial charge in [-0.05, 0) is 31.0 Å². The third-order valence-electron chi connectivity index (χ3n) is 3.53. The molecule has 1 aromatic carbocycles. The van der Waals surface area contributed by atoms with Crippen LogP contribution in [0.3, 0.4) is 0 Å². The number of halogens is 1. The lowest BCUT2D eigenvalue weighted by atomic mass is 10.1. The minimum Gasteiger partial charge on any atom is -0.375 e. The normalized spacial score (nSPS) is 24.3. The molecule has 100 valence electrons. The molecule has 0 aromatic heterocycles. The molecule has 2 N–H and O–H groups in total. The average molecular weight is 313 g/mol. The van der Waals surface area contributed by atoms with E-state index in [9.17, 15) is 0 Å². The van der Waals surface area contributed by atoms with E-state index in [1.165, 1.54) is 5.69 Å². The second kappa shape index (κ2) is 6.04. The van der Waals surface area contributed by atoms with E-state index in [-0.39, 0.29) is 0 Å². The molecule has 4 heteroatoms. The summed E-state index contributed by atoms with van der Waals surface area (Å²) >= 11 is 3.59. The van der Waals surface area contributed by atoms with Gasteiger partial charge in [0.1, 0.15) is 0 Å². The van der Waals surface area contributed by atoms with Gasteiger partial charge in [0.25, 0.3) is 0 Å². The van der Waals surface area contributed by atoms with Crippen molar-refractivity contribution in [3.63, 3.8) is 0 Å². The molecular weight excluding hydrogens is 292 g/mol. The maximum absolute atomic E-state index is 5.73. The van der Waals surface area contributed by atoms with E-state index < -0.39 is 0 Å². The SMILES string of the molecule is CCC1COC(C)CN1c1ccc(CN)c(Br)c1. The largest absolute Gasteiger partial charge is 0.375 e. The minimum atomic E-state index is 0.292. The van der Waals surface area contributed by atoms with Crippen LogP contribution in [0.5, 0.6) is 0 Å². The Hall–Kier alpha value is -0.580. The fraction of sp³-hybridized carbons (Fsp3) is 0.571. The molecule has 1 aliphatic heterocycles. The number of hydrogen-bond acceptors (Lipinski definition) is 3. The molecule has 1 heterocycles. The number of nitrogens with zero attached hydrogens (tertiary/aromatic N) is 1. The predicted molar refractivity (Wildman–Crippen MR) is 78.9 cm³/mol. The molecule has 0 spiro atoms. The minimum absolute atomic E-state index is 0.292. The highest BCUT2D eigenvalue weighted by molar-refractivity contribution is 9.10. The molecule has 0 amide bonds. The van der Waals surface area contributed by atoms with Crippen LogP contribution in [0.4, 0.5) is 5.69 Å². The van der Waals surface area contributed by atoms with Crippen LogP contribution in [-0.2, 0) is 11.3 Å². The molecule has 2 atom stereocenters. The highest BCUT2D eigenvalue weighted by Crippen LogP contribution is 2.28. The smallest absolute Gasteiger partial charge is 0.0723 e. The first kappa shape index (κ1) is 13.8. The highest BCUT2D eigenvalue weighted by Gasteiger charge is 2.25. The predicted octanol–water partition coefficient (Wildman–Crippen LogP) is 2.91. The van der Waals surface area contributed by atoms with Crippen molar-refractivity contribution < 1.29 is 4.74 Å². The molecule has 3 nitrogen and oxygen atoms in total. The first-order valence-corrected chi connectivity index (χ1v) is 7.31. The molecule has 2 unspecified atom stereocenters. The highest BCUT2D eigenvalue weighted by atomic mass is 79.9. The van der Waals surface area contributed by atoms with E-state index in [4.69, 9.17) is 10.5 Å². The van der Waals surface area contributed by atoms with Gasteiger partial charge in [0, 0.05) is 23.2 Å². The molecule has 0 aliphatic carbocycles. The van der Waals surface area contributed by atoms with E-state index in [0.29, 0.717) is 18.7 Å². The van der Waals surface area contributed by atoms with Crippen LogP contribution in [0.1, 0.15) is 25.8 Å². The maximum Gasteiger partial charge on any atom is 0.0723 e. The Bertz CT molecular complexity index is 411. The number of morpholine rings is 1. The van der Waals surface area contributed by atoms with Crippen LogP contribution in [0.25, 0.3) is 0 Å². The second-order valence-corrected chi connectivity index (χ2v) is 5.69. The lowest BCUT2D eigenvalue weighted by Gasteiger charge is -2.40. The van der Waals surface area contributed by atoms with Crippen LogP contribution < -0.4 is 10.6 Å². The fourth-order valence-electron chi connectivity index (χ4n) is 2.38. The van der Waals surface area contributed by atoms with Crippen molar-refractivity contribution in [2.75, 3.05) is 18.1 Å². The third kappa shape index (κ3) is 2.87. The van der Waals surface area contributed by atoms with Crippen molar-refractivity contribution in [2.45, 2.75) is 39.0 Å². The molecule has 1 aromatic rings. The summed E-state index contributed by atoms with van der Waals surface area (Å²) in [5, 5.41) is 0. The van der Waals surface area contributed by atoms with Crippen LogP contribution in [0.2, 0.25) is 0 Å². The zero-order valence-electron chi connectivity index (χ0n) is 11.0. The second-order valence-electron chi connectivity index (χ2n) is 4.84. The van der Waals surface area contributed by atoms with E-state index in [2.05, 4.69) is 52.9 Å². The van der Waals surface area contributed by atoms with Gasteiger partial charge in [-0.25, -0.2) is 0 Å². The van der Waals surface area contributed by atoms with E-state index >= 15 is 0 Å². The topological polar surface area (TPSA) is 38.5 Å². The quantitative estimate of drug-likeness (QED) is 0.932. The van der Waals surface area contributed by atoms with Gasteiger partial charge in [0.05, 0.1) is 18.8 Å². The zero-order valence-corrected chi connectivity index (χ0v) is 12.6. The van der Waals surface area contributed by atoms with Crippen LogP contribution in [0.15, 0.2) is 22.7 Å². The Morgan fingerprint density at radius 2 is 2.28 bits per heavy atom. The van der Waals surface area contributed by atoms with Gasteiger partial charge in [-0.2, -0.15) is 0 Å². The maximum atomic E-state index is 5.73. The van der Waals surface area contributed by atoms with Gasteiger partial charge in [-0.15, -0.1) is 0 Å². The molecular formula is C14H21BrN2O. The first-order chi connectivity index (χ1) is 8.65. The van der Waals surface area contributed by atoms with Gasteiger partial charge < -0.3 is 15.4 Å². The Balaban J connectivity index is 2.25. The summed E-state index contributed by atoms with van der Waals surface area (Å²) in [7, 11) is 0. The van der Waals surface area contributed by atoms with Crippen molar-refractivity contribution in [1.29, 1.82) is 0 Å². The first-order valence-electron chi connectivity index (χ1n) is 6.52. The summed E-state index contributed by atoms with van der Waals surface area (Å²) in [4.78, 5) is 2.44. The summed E-state index contributed by atoms with van der Waals surface area (Å²) in [5.41, 5.74) is 8.09. The molecule has 0 bridgehead atoms. The van der Waals surface area contributed by atoms with Gasteiger partial charge in [-0.1, -0.05) is 28.9 Å². The molecule has 2 rings (SSSR count). The number of hydrogen-bond donors (Lipinski definition) is 1. The zero-order chi connectivity index (χ0) is 13.1. The van der Waals surface area contributed by atoms with Gasteiger partial charge in [0.15, 0.2) is 0 Å². The molecule has 18 heavy (non-hydrogen) atoms. The van der Waals surface area contributed by atoms with Gasteiger partial charge in [-0.3, -0.25) is 0 Å². The fourth-order valence-corrected chi connectivity index (χ4v) is 2.91. The molecule has 1 fully saturated rings. The standard InChI is InChI=1S/C14H21BrN2O/c1-3-12-9-18-10(2)8-17(12)13-5-4-11(7-16)14(15)6-13/h4-6,10,12H,3,7-9,16H2,1-2H3. The lowest BCUT2D eigenvalue weighted by Crippen LogP contribution is -2.48. The van der Waals surface area contributed by atoms with Crippen molar-refractivity contribution in [3.05, 3.63) is 28.2 Å². The van der Waals surface area contributed by atoms with Gasteiger partial charge >= 0.3 is 0 Å². The molecule has 0 radical (unpaired) electrons. The molecule has 1 aliphatic rings. The summed E-state index contributed by atoms with van der Waals surface area (Å²) < 4.78 is 6.83. The summed E-state index contributed by atoms with van der Waals surface area (Å²) in [6.07, 6.45) is 1.39. The van der Waals surface area contributed by atoms with Crippen molar-refractivity contribution in [2.24, 2.45) is 5.73 Å². The van der Waals surface area contributed by atoms with E-state index in [0.717, 1.165) is 29.6 Å². The Morgan fingerprint density at radius 1 is 1.50 bits per heavy atom. The van der Waals surface area contributed by atoms with E-state index in [1.54, 1.807) is 0 Å². The van der Waals surface area contributed by atoms with Crippen molar-refractivity contribution in [3.8, 4) is 0 Å². The summed E-state index contributed by atoms with van der Waals surface area (Å²) in [5.74, 6) is 0. The number of rotatable bonds is 3. The third-order valence-corrected chi connectivity index (χ3v) is 4.27. The Kier molecular flexibility index (Phi) is 4.65. The monoisotopic (exact) mass is 312 g/mol. The Labute approximate surface area is 117 Å². The average Bonchev–Trinajstić information content (AvgIpc) is 2.38. The Morgan fingerprint density at radius 3 is 2.89 bits per heavy atom. The van der Waals surface area contributed by atoms with Crippen LogP contribution in [-0.4, -0.2) is 25.3 Å². The van der Waals surface area contributed by atoms with E-state index in [1.807, 2.05) is 0 Å². The van der Waals surface area contributed by atoms with Crippen molar-refractivity contribution in [1.82, 2.24) is 0 Å². The summed E-state index contributed by atoms with van der Waals surface area (Å²) in [6.45, 7) is 6.67. The van der Waals surface area contributed by atoms with Crippen LogP contribution >= 0.6 is 15.9 Å². The number of nitrogens with two attached hydrogens (primary N) is 1. The number of benzene rings is 1. The molecule has 1 saturated heterocycles. The molecule has 0 saturated carbocycles. The van der Waals surface area contributed by atoms with Gasteiger partial charge in [0.2, 0.25) is 0 Å². The van der Waals surface area contributed by atoms with Crippen molar-refractivity contribution >= 4 is 21.6 Å². The lowest BCUT2D eigenvalue weighted by molar-refractivity contribution is 0.0299. The number of ether oxygens (including phenoxy) is 1. The number of anilines is 1. The summed E-state index contributed by atoms with van der Waals surface area (Å²) in [6, 6.07) is 6.90. The van der Waals surface area contributed by atoms with Crippen LogP contribution in [0, 0.1) is 0 Å².